The highest BCUT2D eigenvalue weighted by Gasteiger charge is 2.08. The average Bonchev–Trinajstić information content (AvgIpc) is 2.31. The number of ether oxygens (including phenoxy) is 1. The summed E-state index contributed by atoms with van der Waals surface area (Å²) < 4.78 is 5.08. The first-order valence-corrected chi connectivity index (χ1v) is 7.79. The lowest BCUT2D eigenvalue weighted by atomic mass is 9.90. The Bertz CT molecular complexity index is 337. The first-order valence-electron chi connectivity index (χ1n) is 7.79. The average molecular weight is 280 g/mol. The van der Waals surface area contributed by atoms with Crippen molar-refractivity contribution in [2.45, 2.75) is 67.4 Å². The molecule has 2 nitrogen and oxygen atoms in total. The fourth-order valence-corrected chi connectivity index (χ4v) is 1.77. The summed E-state index contributed by atoms with van der Waals surface area (Å²) in [6.07, 6.45) is 8.14. The molecule has 0 fully saturated rings. The van der Waals surface area contributed by atoms with Crippen LogP contribution >= 0.6 is 0 Å². The second kappa shape index (κ2) is 9.79. The van der Waals surface area contributed by atoms with Crippen LogP contribution in [0, 0.1) is 17.8 Å². The predicted molar refractivity (Wildman–Crippen MR) is 86.5 cm³/mol. The van der Waals surface area contributed by atoms with Crippen LogP contribution in [0.25, 0.3) is 0 Å². The van der Waals surface area contributed by atoms with Crippen LogP contribution in [0.15, 0.2) is 23.8 Å². The molecule has 0 heterocycles. The number of rotatable bonds is 8. The van der Waals surface area contributed by atoms with E-state index in [9.17, 15) is 4.79 Å². The van der Waals surface area contributed by atoms with E-state index in [2.05, 4.69) is 33.8 Å². The Labute approximate surface area is 125 Å². The zero-order chi connectivity index (χ0) is 15.7. The molecule has 0 aromatic carbocycles. The zero-order valence-electron chi connectivity index (χ0n) is 14.3. The molecule has 0 saturated heterocycles. The topological polar surface area (TPSA) is 26.3 Å². The number of esters is 1. The van der Waals surface area contributed by atoms with Gasteiger partial charge >= 0.3 is 5.97 Å². The van der Waals surface area contributed by atoms with Crippen LogP contribution in [0.3, 0.4) is 0 Å². The maximum atomic E-state index is 11.5. The van der Waals surface area contributed by atoms with Gasteiger partial charge in [-0.25, -0.2) is 4.79 Å². The summed E-state index contributed by atoms with van der Waals surface area (Å²) in [5.74, 6) is 1.80. The Kier molecular flexibility index (Phi) is 9.28. The van der Waals surface area contributed by atoms with E-state index in [0.717, 1.165) is 17.4 Å². The third-order valence-corrected chi connectivity index (χ3v) is 3.60. The van der Waals surface area contributed by atoms with E-state index in [1.807, 2.05) is 26.8 Å². The van der Waals surface area contributed by atoms with Gasteiger partial charge in [-0.15, -0.1) is 0 Å². The number of hydrogen-bond donors (Lipinski definition) is 0. The first-order chi connectivity index (χ1) is 9.22. The van der Waals surface area contributed by atoms with Gasteiger partial charge in [0.2, 0.25) is 0 Å². The van der Waals surface area contributed by atoms with Gasteiger partial charge in [0, 0.05) is 6.08 Å². The molecule has 0 aliphatic rings. The van der Waals surface area contributed by atoms with Gasteiger partial charge < -0.3 is 4.74 Å². The first kappa shape index (κ1) is 18.9. The maximum absolute atomic E-state index is 11.5. The second-order valence-electron chi connectivity index (χ2n) is 6.51. The van der Waals surface area contributed by atoms with Gasteiger partial charge in [0.15, 0.2) is 0 Å². The summed E-state index contributed by atoms with van der Waals surface area (Å²) in [4.78, 5) is 11.5. The molecule has 0 bridgehead atoms. The molecule has 2 unspecified atom stereocenters. The number of allylic oxidation sites excluding steroid dienone is 3. The predicted octanol–water partition coefficient (Wildman–Crippen LogP) is 5.15. The van der Waals surface area contributed by atoms with Crippen LogP contribution < -0.4 is 0 Å². The summed E-state index contributed by atoms with van der Waals surface area (Å²) in [6, 6.07) is 0. The SMILES string of the molecule is CC(C=CC(C)CCC(C)C(C)C)=CC(=O)OC(C)C. The smallest absolute Gasteiger partial charge is 0.331 e. The monoisotopic (exact) mass is 280 g/mol. The van der Waals surface area contributed by atoms with Crippen LogP contribution in [0.1, 0.15) is 61.3 Å². The Morgan fingerprint density at radius 1 is 1.05 bits per heavy atom. The van der Waals surface area contributed by atoms with Crippen molar-refractivity contribution in [2.75, 3.05) is 0 Å². The minimum Gasteiger partial charge on any atom is -0.460 e. The van der Waals surface area contributed by atoms with Crippen molar-refractivity contribution in [2.24, 2.45) is 17.8 Å². The highest BCUT2D eigenvalue weighted by atomic mass is 16.5. The van der Waals surface area contributed by atoms with E-state index in [-0.39, 0.29) is 12.1 Å². The van der Waals surface area contributed by atoms with Crippen molar-refractivity contribution >= 4 is 5.97 Å². The second-order valence-corrected chi connectivity index (χ2v) is 6.51. The van der Waals surface area contributed by atoms with Gasteiger partial charge in [-0.1, -0.05) is 39.8 Å². The molecule has 0 rings (SSSR count). The number of carbonyl (C=O) groups excluding carboxylic acids is 1. The van der Waals surface area contributed by atoms with E-state index in [0.29, 0.717) is 5.92 Å². The molecular weight excluding hydrogens is 248 g/mol. The molecule has 0 amide bonds. The molecule has 0 saturated carbocycles. The van der Waals surface area contributed by atoms with Gasteiger partial charge in [-0.2, -0.15) is 0 Å². The normalized spacial score (nSPS) is 15.9. The highest BCUT2D eigenvalue weighted by Crippen LogP contribution is 2.20. The molecule has 0 radical (unpaired) electrons. The summed E-state index contributed by atoms with van der Waals surface area (Å²) in [7, 11) is 0. The van der Waals surface area contributed by atoms with Crippen molar-refractivity contribution in [3.63, 3.8) is 0 Å². The highest BCUT2D eigenvalue weighted by molar-refractivity contribution is 5.83. The van der Waals surface area contributed by atoms with Gasteiger partial charge in [-0.3, -0.25) is 0 Å². The molecule has 0 spiro atoms. The van der Waals surface area contributed by atoms with E-state index in [1.165, 1.54) is 12.8 Å². The lowest BCUT2D eigenvalue weighted by Crippen LogP contribution is -2.08. The Hall–Kier alpha value is -1.05. The summed E-state index contributed by atoms with van der Waals surface area (Å²) >= 11 is 0. The summed E-state index contributed by atoms with van der Waals surface area (Å²) in [5.41, 5.74) is 0.944. The van der Waals surface area contributed by atoms with Gasteiger partial charge in [0.25, 0.3) is 0 Å². The molecule has 0 aromatic rings. The molecule has 116 valence electrons. The molecule has 0 aromatic heterocycles. The summed E-state index contributed by atoms with van der Waals surface area (Å²) in [6.45, 7) is 14.7. The minimum absolute atomic E-state index is 0.0630. The van der Waals surface area contributed by atoms with E-state index in [4.69, 9.17) is 4.74 Å². The van der Waals surface area contributed by atoms with Crippen LogP contribution in [0.2, 0.25) is 0 Å². The number of carbonyl (C=O) groups is 1. The zero-order valence-corrected chi connectivity index (χ0v) is 14.3. The standard InChI is InChI=1S/C18H32O2/c1-13(2)17(7)11-10-15(5)8-9-16(6)12-18(19)20-14(3)4/h8-9,12-15,17H,10-11H2,1-7H3. The minimum atomic E-state index is -0.261. The molecule has 20 heavy (non-hydrogen) atoms. The van der Waals surface area contributed by atoms with Crippen molar-refractivity contribution in [1.82, 2.24) is 0 Å². The van der Waals surface area contributed by atoms with Crippen molar-refractivity contribution in [1.29, 1.82) is 0 Å². The van der Waals surface area contributed by atoms with E-state index >= 15 is 0 Å². The van der Waals surface area contributed by atoms with Crippen LogP contribution in [-0.4, -0.2) is 12.1 Å². The van der Waals surface area contributed by atoms with Crippen molar-refractivity contribution < 1.29 is 9.53 Å². The van der Waals surface area contributed by atoms with Crippen LogP contribution in [0.4, 0.5) is 0 Å². The van der Waals surface area contributed by atoms with Gasteiger partial charge in [0.05, 0.1) is 6.10 Å². The lowest BCUT2D eigenvalue weighted by molar-refractivity contribution is -0.141. The summed E-state index contributed by atoms with van der Waals surface area (Å²) in [5, 5.41) is 0. The molecular formula is C18H32O2. The van der Waals surface area contributed by atoms with Gasteiger partial charge in [-0.05, 0) is 56.9 Å². The maximum Gasteiger partial charge on any atom is 0.331 e. The third kappa shape index (κ3) is 9.82. The third-order valence-electron chi connectivity index (χ3n) is 3.60. The van der Waals surface area contributed by atoms with Crippen LogP contribution in [-0.2, 0) is 9.53 Å². The molecule has 0 aliphatic carbocycles. The fourth-order valence-electron chi connectivity index (χ4n) is 1.77. The molecule has 0 N–H and O–H groups in total. The Balaban J connectivity index is 4.20. The van der Waals surface area contributed by atoms with Crippen LogP contribution in [0.5, 0.6) is 0 Å². The lowest BCUT2D eigenvalue weighted by Gasteiger charge is -2.16. The van der Waals surface area contributed by atoms with Crippen molar-refractivity contribution in [3.8, 4) is 0 Å². The fraction of sp³-hybridized carbons (Fsp3) is 0.722. The van der Waals surface area contributed by atoms with E-state index < -0.39 is 0 Å². The largest absolute Gasteiger partial charge is 0.460 e. The Morgan fingerprint density at radius 3 is 2.15 bits per heavy atom. The quantitative estimate of drug-likeness (QED) is 0.349. The molecule has 2 heteroatoms. The van der Waals surface area contributed by atoms with Gasteiger partial charge in [0.1, 0.15) is 0 Å². The van der Waals surface area contributed by atoms with E-state index in [1.54, 1.807) is 6.08 Å². The Morgan fingerprint density at radius 2 is 1.65 bits per heavy atom. The molecule has 2 atom stereocenters. The van der Waals surface area contributed by atoms with Crippen molar-refractivity contribution in [3.05, 3.63) is 23.8 Å². The molecule has 0 aliphatic heterocycles. The number of hydrogen-bond acceptors (Lipinski definition) is 2.